The van der Waals surface area contributed by atoms with Gasteiger partial charge in [-0.3, -0.25) is 9.80 Å². The first kappa shape index (κ1) is 34.1. The molecule has 43 heavy (non-hydrogen) atoms. The average Bonchev–Trinajstić information content (AvgIpc) is 3.48. The van der Waals surface area contributed by atoms with Crippen LogP contribution in [-0.4, -0.2) is 105 Å². The van der Waals surface area contributed by atoms with Gasteiger partial charge in [0.2, 0.25) is 11.8 Å². The van der Waals surface area contributed by atoms with E-state index in [-0.39, 0.29) is 11.9 Å². The maximum Gasteiger partial charge on any atom is 0.414 e. The van der Waals surface area contributed by atoms with E-state index in [2.05, 4.69) is 33.0 Å². The fourth-order valence-corrected chi connectivity index (χ4v) is 3.81. The highest BCUT2D eigenvalue weighted by atomic mass is 19.1. The van der Waals surface area contributed by atoms with Crippen molar-refractivity contribution in [1.82, 2.24) is 20.0 Å². The highest BCUT2D eigenvalue weighted by molar-refractivity contribution is 6.27. The lowest BCUT2D eigenvalue weighted by Crippen LogP contribution is -2.46. The molecule has 232 valence electrons. The fourth-order valence-electron chi connectivity index (χ4n) is 3.81. The zero-order valence-corrected chi connectivity index (χ0v) is 23.5. The topological polar surface area (TPSA) is 213 Å². The normalized spacial score (nSPS) is 13.8. The Morgan fingerprint density at radius 2 is 1.37 bits per heavy atom. The second-order valence-electron chi connectivity index (χ2n) is 8.85. The first-order valence-corrected chi connectivity index (χ1v) is 12.5. The van der Waals surface area contributed by atoms with Crippen LogP contribution < -0.4 is 9.47 Å². The molecular formula is C27H31FN4O11. The van der Waals surface area contributed by atoms with Crippen LogP contribution in [0.1, 0.15) is 24.4 Å². The van der Waals surface area contributed by atoms with Crippen molar-refractivity contribution in [1.29, 1.82) is 0 Å². The van der Waals surface area contributed by atoms with Crippen molar-refractivity contribution in [2.24, 2.45) is 0 Å². The van der Waals surface area contributed by atoms with Crippen LogP contribution in [0.4, 0.5) is 4.39 Å². The molecule has 1 aromatic heterocycles. The molecule has 1 fully saturated rings. The number of ether oxygens (including phenoxy) is 2. The van der Waals surface area contributed by atoms with Crippen molar-refractivity contribution >= 4 is 23.9 Å². The Morgan fingerprint density at radius 1 is 0.837 bits per heavy atom. The Morgan fingerprint density at radius 3 is 1.86 bits per heavy atom. The quantitative estimate of drug-likeness (QED) is 0.283. The third-order valence-electron chi connectivity index (χ3n) is 6.06. The van der Waals surface area contributed by atoms with Crippen LogP contribution in [0, 0.1) is 5.82 Å². The summed E-state index contributed by atoms with van der Waals surface area (Å²) in [5.74, 6) is -5.11. The number of piperazine rings is 1. The summed E-state index contributed by atoms with van der Waals surface area (Å²) in [5.41, 5.74) is 1.91. The van der Waals surface area contributed by atoms with Gasteiger partial charge in [0, 0.05) is 38.3 Å². The van der Waals surface area contributed by atoms with Crippen LogP contribution in [0.5, 0.6) is 11.5 Å². The Balaban J connectivity index is 0.000000455. The monoisotopic (exact) mass is 606 g/mol. The van der Waals surface area contributed by atoms with E-state index in [4.69, 9.17) is 53.5 Å². The molecule has 16 heteroatoms. The Hall–Kier alpha value is -5.09. The second kappa shape index (κ2) is 16.4. The lowest BCUT2D eigenvalue weighted by atomic mass is 10.1. The fraction of sp³-hybridized carbons (Fsp3) is 0.333. The van der Waals surface area contributed by atoms with E-state index in [1.807, 2.05) is 12.1 Å². The first-order chi connectivity index (χ1) is 20.4. The van der Waals surface area contributed by atoms with E-state index in [1.54, 1.807) is 26.4 Å². The molecule has 0 radical (unpaired) electrons. The molecule has 4 N–H and O–H groups in total. The molecular weight excluding hydrogens is 575 g/mol. The van der Waals surface area contributed by atoms with Crippen LogP contribution in [-0.2, 0) is 25.7 Å². The molecule has 1 aliphatic rings. The number of carbonyl (C=O) groups is 4. The maximum atomic E-state index is 13.1. The highest BCUT2D eigenvalue weighted by Crippen LogP contribution is 2.29. The predicted octanol–water partition coefficient (Wildman–Crippen LogP) is 2.08. The van der Waals surface area contributed by atoms with E-state index >= 15 is 0 Å². The van der Waals surface area contributed by atoms with Gasteiger partial charge in [-0.2, -0.15) is 0 Å². The minimum atomic E-state index is -1.82. The summed E-state index contributed by atoms with van der Waals surface area (Å²) in [4.78, 5) is 41.2. The Bertz CT molecular complexity index is 1340. The SMILES string of the molecule is COc1ccc(CN2CCN(C(C)c3nnc(-c4ccc(F)cc4)o3)CC2)cc1OC.O=C(O)C(=O)O.O=C(O)C(=O)O. The molecule has 4 rings (SSSR count). The third-order valence-corrected chi connectivity index (χ3v) is 6.06. The van der Waals surface area contributed by atoms with Crippen LogP contribution in [0.15, 0.2) is 46.9 Å². The Labute approximate surface area is 244 Å². The summed E-state index contributed by atoms with van der Waals surface area (Å²) in [6.07, 6.45) is 0. The molecule has 15 nitrogen and oxygen atoms in total. The summed E-state index contributed by atoms with van der Waals surface area (Å²) in [6.45, 7) is 6.63. The molecule has 2 heterocycles. The smallest absolute Gasteiger partial charge is 0.414 e. The molecule has 0 bridgehead atoms. The first-order valence-electron chi connectivity index (χ1n) is 12.5. The van der Waals surface area contributed by atoms with Crippen LogP contribution in [0.25, 0.3) is 11.5 Å². The molecule has 1 unspecified atom stereocenters. The molecule has 1 atom stereocenters. The van der Waals surface area contributed by atoms with Crippen LogP contribution in [0.2, 0.25) is 0 Å². The standard InChI is InChI=1S/C23H27FN4O3.2C2H2O4/c1-16(22-25-26-23(31-22)18-5-7-19(24)8-6-18)28-12-10-27(11-13-28)15-17-4-9-20(29-2)21(14-17)30-3;2*3-1(4)2(5)6/h4-9,14,16H,10-13,15H2,1-3H3;2*(H,3,4)(H,5,6). The number of halogens is 1. The molecule has 0 aliphatic carbocycles. The summed E-state index contributed by atoms with van der Waals surface area (Å²) in [7, 11) is 3.30. The Kier molecular flexibility index (Phi) is 13.0. The number of hydrogen-bond donors (Lipinski definition) is 4. The molecule has 0 spiro atoms. The molecule has 0 amide bonds. The van der Waals surface area contributed by atoms with Crippen LogP contribution >= 0.6 is 0 Å². The van der Waals surface area contributed by atoms with Crippen LogP contribution in [0.3, 0.4) is 0 Å². The number of rotatable bonds is 7. The van der Waals surface area contributed by atoms with Gasteiger partial charge in [-0.05, 0) is 48.9 Å². The number of nitrogens with zero attached hydrogens (tertiary/aromatic N) is 4. The molecule has 0 saturated carbocycles. The second-order valence-corrected chi connectivity index (χ2v) is 8.85. The van der Waals surface area contributed by atoms with E-state index < -0.39 is 23.9 Å². The zero-order chi connectivity index (χ0) is 32.1. The predicted molar refractivity (Wildman–Crippen MR) is 145 cm³/mol. The summed E-state index contributed by atoms with van der Waals surface area (Å²) >= 11 is 0. The number of aliphatic carboxylic acids is 4. The highest BCUT2D eigenvalue weighted by Gasteiger charge is 2.26. The van der Waals surface area contributed by atoms with E-state index in [9.17, 15) is 4.39 Å². The third kappa shape index (κ3) is 10.7. The zero-order valence-electron chi connectivity index (χ0n) is 23.5. The van der Waals surface area contributed by atoms with Crippen molar-refractivity contribution in [3.05, 3.63) is 59.7 Å². The van der Waals surface area contributed by atoms with Crippen molar-refractivity contribution in [3.8, 4) is 23.0 Å². The van der Waals surface area contributed by atoms with E-state index in [0.29, 0.717) is 17.3 Å². The van der Waals surface area contributed by atoms with Gasteiger partial charge in [-0.15, -0.1) is 10.2 Å². The lowest BCUT2D eigenvalue weighted by Gasteiger charge is -2.36. The maximum absolute atomic E-state index is 13.1. The van der Waals surface area contributed by atoms with Gasteiger partial charge >= 0.3 is 23.9 Å². The summed E-state index contributed by atoms with van der Waals surface area (Å²) in [6, 6.07) is 12.1. The number of carboxylic acid groups (broad SMARTS) is 4. The lowest BCUT2D eigenvalue weighted by molar-refractivity contribution is -0.159. The van der Waals surface area contributed by atoms with Gasteiger partial charge in [0.1, 0.15) is 5.82 Å². The average molecular weight is 607 g/mol. The van der Waals surface area contributed by atoms with Gasteiger partial charge in [0.25, 0.3) is 0 Å². The number of carboxylic acids is 4. The van der Waals surface area contributed by atoms with Gasteiger partial charge in [0.15, 0.2) is 11.5 Å². The number of benzene rings is 2. The molecule has 3 aromatic rings. The largest absolute Gasteiger partial charge is 0.493 e. The van der Waals surface area contributed by atoms with Gasteiger partial charge in [-0.25, -0.2) is 23.6 Å². The van der Waals surface area contributed by atoms with Crippen molar-refractivity contribution in [2.45, 2.75) is 19.5 Å². The minimum Gasteiger partial charge on any atom is -0.493 e. The van der Waals surface area contributed by atoms with Crippen molar-refractivity contribution < 1.29 is 57.9 Å². The van der Waals surface area contributed by atoms with Crippen molar-refractivity contribution in [3.63, 3.8) is 0 Å². The molecule has 1 aliphatic heterocycles. The summed E-state index contributed by atoms with van der Waals surface area (Å²) < 4.78 is 29.7. The number of aromatic nitrogens is 2. The summed E-state index contributed by atoms with van der Waals surface area (Å²) in [5, 5.41) is 37.9. The molecule has 1 saturated heterocycles. The minimum absolute atomic E-state index is 0.0185. The van der Waals surface area contributed by atoms with E-state index in [1.165, 1.54) is 17.7 Å². The van der Waals surface area contributed by atoms with Crippen molar-refractivity contribution in [2.75, 3.05) is 40.4 Å². The van der Waals surface area contributed by atoms with E-state index in [0.717, 1.165) is 44.2 Å². The number of hydrogen-bond acceptors (Lipinski definition) is 11. The molecule has 2 aromatic carbocycles. The number of methoxy groups -OCH3 is 2. The van der Waals surface area contributed by atoms with Gasteiger partial charge in [0.05, 0.1) is 20.3 Å². The van der Waals surface area contributed by atoms with Gasteiger partial charge in [-0.1, -0.05) is 6.07 Å². The van der Waals surface area contributed by atoms with Gasteiger partial charge < -0.3 is 34.3 Å².